The Morgan fingerprint density at radius 2 is 1.75 bits per heavy atom. The lowest BCUT2D eigenvalue weighted by molar-refractivity contribution is -0.119. The number of para-hydroxylation sites is 1. The summed E-state index contributed by atoms with van der Waals surface area (Å²) in [7, 11) is 1.60. The van der Waals surface area contributed by atoms with E-state index in [1.807, 2.05) is 43.3 Å². The molecule has 0 atom stereocenters. The summed E-state index contributed by atoms with van der Waals surface area (Å²) >= 11 is 0. The minimum Gasteiger partial charge on any atom is -0.451 e. The van der Waals surface area contributed by atoms with Crippen LogP contribution in [0.4, 0.5) is 5.69 Å². The Labute approximate surface area is 139 Å². The molecular weight excluding hydrogens is 304 g/mol. The lowest BCUT2D eigenvalue weighted by Crippen LogP contribution is -2.19. The molecule has 0 fully saturated rings. The van der Waals surface area contributed by atoms with Gasteiger partial charge in [0.05, 0.1) is 6.42 Å². The second kappa shape index (κ2) is 6.58. The number of aryl methyl sites for hydroxylation is 1. The fraction of sp³-hybridized carbons (Fsp3) is 0.158. The molecule has 1 heterocycles. The van der Waals surface area contributed by atoms with Crippen LogP contribution in [0.3, 0.4) is 0 Å². The van der Waals surface area contributed by atoms with Crippen molar-refractivity contribution in [2.24, 2.45) is 0 Å². The third-order valence-corrected chi connectivity index (χ3v) is 3.91. The van der Waals surface area contributed by atoms with Gasteiger partial charge in [0, 0.05) is 23.7 Å². The first-order chi connectivity index (χ1) is 11.6. The summed E-state index contributed by atoms with van der Waals surface area (Å²) < 4.78 is 5.66. The van der Waals surface area contributed by atoms with Crippen molar-refractivity contribution in [1.82, 2.24) is 5.32 Å². The number of furan rings is 1. The monoisotopic (exact) mass is 322 g/mol. The average Bonchev–Trinajstić information content (AvgIpc) is 2.94. The number of hydrogen-bond acceptors (Lipinski definition) is 3. The number of nitrogens with one attached hydrogen (secondary N) is 2. The van der Waals surface area contributed by atoms with Crippen LogP contribution in [0, 0.1) is 6.92 Å². The first kappa shape index (κ1) is 15.8. The fourth-order valence-corrected chi connectivity index (χ4v) is 2.56. The molecule has 0 aliphatic heterocycles. The van der Waals surface area contributed by atoms with E-state index in [-0.39, 0.29) is 11.8 Å². The van der Waals surface area contributed by atoms with E-state index >= 15 is 0 Å². The van der Waals surface area contributed by atoms with E-state index in [9.17, 15) is 9.59 Å². The van der Waals surface area contributed by atoms with E-state index in [0.29, 0.717) is 23.5 Å². The zero-order valence-electron chi connectivity index (χ0n) is 13.6. The third kappa shape index (κ3) is 3.15. The summed E-state index contributed by atoms with van der Waals surface area (Å²) in [5.41, 5.74) is 3.05. The van der Waals surface area contributed by atoms with Gasteiger partial charge in [0.15, 0.2) is 5.76 Å². The van der Waals surface area contributed by atoms with Gasteiger partial charge in [-0.2, -0.15) is 0 Å². The van der Waals surface area contributed by atoms with Gasteiger partial charge in [0.1, 0.15) is 5.58 Å². The molecule has 3 rings (SSSR count). The maximum atomic E-state index is 12.4. The highest BCUT2D eigenvalue weighted by atomic mass is 16.3. The van der Waals surface area contributed by atoms with Crippen molar-refractivity contribution in [3.63, 3.8) is 0 Å². The van der Waals surface area contributed by atoms with Gasteiger partial charge < -0.3 is 15.1 Å². The standard InChI is InChI=1S/C19H18N2O3/c1-12-15-5-3-4-6-16(15)24-18(12)19(23)21-14-9-7-13(8-10-14)11-17(22)20-2/h3-10H,11H2,1-2H3,(H,20,22)(H,21,23). The minimum atomic E-state index is -0.289. The van der Waals surface area contributed by atoms with Crippen molar-refractivity contribution in [2.45, 2.75) is 13.3 Å². The highest BCUT2D eigenvalue weighted by Gasteiger charge is 2.17. The number of likely N-dealkylation sites (N-methyl/N-ethyl adjacent to an activating group) is 1. The minimum absolute atomic E-state index is 0.0512. The summed E-state index contributed by atoms with van der Waals surface area (Å²) in [5, 5.41) is 6.33. The van der Waals surface area contributed by atoms with Crippen molar-refractivity contribution < 1.29 is 14.0 Å². The number of rotatable bonds is 4. The third-order valence-electron chi connectivity index (χ3n) is 3.91. The van der Waals surface area contributed by atoms with Crippen molar-refractivity contribution in [2.75, 3.05) is 12.4 Å². The van der Waals surface area contributed by atoms with Crippen LogP contribution in [0.25, 0.3) is 11.0 Å². The molecule has 0 spiro atoms. The van der Waals surface area contributed by atoms with Gasteiger partial charge in [-0.3, -0.25) is 9.59 Å². The molecule has 0 saturated carbocycles. The van der Waals surface area contributed by atoms with Gasteiger partial charge in [-0.15, -0.1) is 0 Å². The number of hydrogen-bond donors (Lipinski definition) is 2. The van der Waals surface area contributed by atoms with E-state index in [1.54, 1.807) is 19.2 Å². The number of fused-ring (bicyclic) bond motifs is 1. The molecule has 0 bridgehead atoms. The predicted molar refractivity (Wildman–Crippen MR) is 93.1 cm³/mol. The molecule has 0 radical (unpaired) electrons. The predicted octanol–water partition coefficient (Wildman–Crippen LogP) is 3.28. The van der Waals surface area contributed by atoms with Gasteiger partial charge in [-0.25, -0.2) is 0 Å². The molecule has 0 aliphatic carbocycles. The van der Waals surface area contributed by atoms with Crippen LogP contribution >= 0.6 is 0 Å². The molecule has 0 unspecified atom stereocenters. The molecule has 0 aliphatic rings. The Hall–Kier alpha value is -3.08. The molecule has 0 saturated heterocycles. The first-order valence-electron chi connectivity index (χ1n) is 7.67. The summed E-state index contributed by atoms with van der Waals surface area (Å²) in [5.74, 6) is -0.0296. The maximum absolute atomic E-state index is 12.4. The Balaban J connectivity index is 1.76. The van der Waals surface area contributed by atoms with E-state index in [1.165, 1.54) is 0 Å². The second-order valence-electron chi connectivity index (χ2n) is 5.55. The summed E-state index contributed by atoms with van der Waals surface area (Å²) in [6, 6.07) is 14.7. The lowest BCUT2D eigenvalue weighted by Gasteiger charge is -2.05. The molecule has 24 heavy (non-hydrogen) atoms. The zero-order valence-corrected chi connectivity index (χ0v) is 13.6. The van der Waals surface area contributed by atoms with Crippen molar-refractivity contribution in [1.29, 1.82) is 0 Å². The van der Waals surface area contributed by atoms with Crippen LogP contribution < -0.4 is 10.6 Å². The molecule has 2 N–H and O–H groups in total. The van der Waals surface area contributed by atoms with E-state index in [2.05, 4.69) is 10.6 Å². The highest BCUT2D eigenvalue weighted by molar-refractivity contribution is 6.06. The maximum Gasteiger partial charge on any atom is 0.291 e. The molecular formula is C19H18N2O3. The Morgan fingerprint density at radius 1 is 1.04 bits per heavy atom. The van der Waals surface area contributed by atoms with Gasteiger partial charge in [-0.1, -0.05) is 30.3 Å². The summed E-state index contributed by atoms with van der Waals surface area (Å²) in [6.07, 6.45) is 0.313. The van der Waals surface area contributed by atoms with Gasteiger partial charge in [0.25, 0.3) is 5.91 Å². The van der Waals surface area contributed by atoms with Gasteiger partial charge in [-0.05, 0) is 30.7 Å². The SMILES string of the molecule is CNC(=O)Cc1ccc(NC(=O)c2oc3ccccc3c2C)cc1. The van der Waals surface area contributed by atoms with Crippen molar-refractivity contribution >= 4 is 28.5 Å². The molecule has 2 aromatic carbocycles. The fourth-order valence-electron chi connectivity index (χ4n) is 2.56. The number of carbonyl (C=O) groups excluding carboxylic acids is 2. The van der Waals surface area contributed by atoms with Crippen LogP contribution in [0.1, 0.15) is 21.7 Å². The second-order valence-corrected chi connectivity index (χ2v) is 5.55. The van der Waals surface area contributed by atoms with Crippen LogP contribution in [0.5, 0.6) is 0 Å². The first-order valence-corrected chi connectivity index (χ1v) is 7.67. The molecule has 3 aromatic rings. The van der Waals surface area contributed by atoms with Crippen LogP contribution in [-0.4, -0.2) is 18.9 Å². The Kier molecular flexibility index (Phi) is 4.33. The van der Waals surface area contributed by atoms with Crippen molar-refractivity contribution in [3.05, 3.63) is 65.4 Å². The van der Waals surface area contributed by atoms with Crippen LogP contribution in [-0.2, 0) is 11.2 Å². The van der Waals surface area contributed by atoms with Crippen molar-refractivity contribution in [3.8, 4) is 0 Å². The number of carbonyl (C=O) groups is 2. The topological polar surface area (TPSA) is 71.3 Å². The Morgan fingerprint density at radius 3 is 2.42 bits per heavy atom. The smallest absolute Gasteiger partial charge is 0.291 e. The molecule has 2 amide bonds. The lowest BCUT2D eigenvalue weighted by atomic mass is 10.1. The normalized spacial score (nSPS) is 10.6. The summed E-state index contributed by atoms with van der Waals surface area (Å²) in [4.78, 5) is 23.8. The van der Waals surface area contributed by atoms with Gasteiger partial charge in [0.2, 0.25) is 5.91 Å². The Bertz CT molecular complexity index is 895. The molecule has 1 aromatic heterocycles. The number of anilines is 1. The van der Waals surface area contributed by atoms with Gasteiger partial charge >= 0.3 is 0 Å². The quantitative estimate of drug-likeness (QED) is 0.774. The molecule has 5 heteroatoms. The number of benzene rings is 2. The summed E-state index contributed by atoms with van der Waals surface area (Å²) in [6.45, 7) is 1.87. The van der Waals surface area contributed by atoms with Crippen LogP contribution in [0.15, 0.2) is 52.9 Å². The highest BCUT2D eigenvalue weighted by Crippen LogP contribution is 2.25. The van der Waals surface area contributed by atoms with E-state index in [0.717, 1.165) is 16.5 Å². The van der Waals surface area contributed by atoms with Crippen LogP contribution in [0.2, 0.25) is 0 Å². The molecule has 5 nitrogen and oxygen atoms in total. The van der Waals surface area contributed by atoms with E-state index in [4.69, 9.17) is 4.42 Å². The molecule has 122 valence electrons. The largest absolute Gasteiger partial charge is 0.451 e. The average molecular weight is 322 g/mol. The van der Waals surface area contributed by atoms with E-state index < -0.39 is 0 Å². The number of amides is 2. The zero-order chi connectivity index (χ0) is 17.1.